The molecule has 0 aliphatic rings. The molecule has 0 amide bonds. The second-order valence-corrected chi connectivity index (χ2v) is 7.62. The molecule has 0 bridgehead atoms. The van der Waals surface area contributed by atoms with Crippen molar-refractivity contribution < 1.29 is 0 Å². The normalized spacial score (nSPS) is 11.0. The fourth-order valence-electron chi connectivity index (χ4n) is 2.72. The molecule has 0 atom stereocenters. The third-order valence-electron chi connectivity index (χ3n) is 3.99. The van der Waals surface area contributed by atoms with E-state index >= 15 is 0 Å². The minimum absolute atomic E-state index is 0.103. The highest BCUT2D eigenvalue weighted by Gasteiger charge is 2.06. The van der Waals surface area contributed by atoms with Crippen molar-refractivity contribution >= 4 is 53.1 Å². The lowest BCUT2D eigenvalue weighted by atomic mass is 10.1. The first-order valence-electron chi connectivity index (χ1n) is 7.65. The Morgan fingerprint density at radius 2 is 1.62 bits per heavy atom. The number of nitrogens with one attached hydrogen (secondary N) is 1. The predicted octanol–water partition coefficient (Wildman–Crippen LogP) is 5.79. The van der Waals surface area contributed by atoms with Gasteiger partial charge in [-0.3, -0.25) is 4.79 Å². The highest BCUT2D eigenvalue weighted by atomic mass is 79.9. The van der Waals surface area contributed by atoms with E-state index in [2.05, 4.69) is 33.4 Å². The minimum Gasteiger partial charge on any atom is -0.381 e. The zero-order valence-corrected chi connectivity index (χ0v) is 15.2. The smallest absolute Gasteiger partial charge is 0.195 e. The van der Waals surface area contributed by atoms with Crippen LogP contribution >= 0.6 is 27.3 Å². The molecular formula is C20H14BrNOS. The summed E-state index contributed by atoms with van der Waals surface area (Å²) in [5.74, 6) is 0. The maximum atomic E-state index is 12.7. The van der Waals surface area contributed by atoms with Crippen molar-refractivity contribution in [2.45, 2.75) is 6.54 Å². The summed E-state index contributed by atoms with van der Waals surface area (Å²) in [4.78, 5) is 12.7. The monoisotopic (exact) mass is 395 g/mol. The van der Waals surface area contributed by atoms with Gasteiger partial charge >= 0.3 is 0 Å². The first-order valence-corrected chi connectivity index (χ1v) is 9.25. The Balaban J connectivity index is 1.69. The molecule has 118 valence electrons. The Hall–Kier alpha value is -2.17. The molecule has 2 nitrogen and oxygen atoms in total. The Morgan fingerprint density at radius 3 is 2.46 bits per heavy atom. The van der Waals surface area contributed by atoms with Crippen molar-refractivity contribution in [3.8, 4) is 0 Å². The SMILES string of the molecule is O=c1c2ccccc2sc2ccc(NCc3ccc(Br)cc3)cc12. The van der Waals surface area contributed by atoms with Crippen LogP contribution < -0.4 is 10.7 Å². The molecule has 1 N–H and O–H groups in total. The summed E-state index contributed by atoms with van der Waals surface area (Å²) in [6.07, 6.45) is 0. The zero-order valence-electron chi connectivity index (χ0n) is 12.8. The Labute approximate surface area is 151 Å². The summed E-state index contributed by atoms with van der Waals surface area (Å²) in [6, 6.07) is 22.0. The molecule has 4 heteroatoms. The second kappa shape index (κ2) is 6.38. The van der Waals surface area contributed by atoms with Gasteiger partial charge in [-0.05, 0) is 48.0 Å². The van der Waals surface area contributed by atoms with Gasteiger partial charge in [-0.15, -0.1) is 11.3 Å². The first-order chi connectivity index (χ1) is 11.7. The van der Waals surface area contributed by atoms with Crippen molar-refractivity contribution in [3.63, 3.8) is 0 Å². The zero-order chi connectivity index (χ0) is 16.5. The molecule has 0 radical (unpaired) electrons. The number of hydrogen-bond acceptors (Lipinski definition) is 3. The number of fused-ring (bicyclic) bond motifs is 2. The van der Waals surface area contributed by atoms with Crippen molar-refractivity contribution in [2.24, 2.45) is 0 Å². The summed E-state index contributed by atoms with van der Waals surface area (Å²) in [5.41, 5.74) is 2.26. The summed E-state index contributed by atoms with van der Waals surface area (Å²) < 4.78 is 3.12. The van der Waals surface area contributed by atoms with Crippen LogP contribution in [0.5, 0.6) is 0 Å². The van der Waals surface area contributed by atoms with Crippen LogP contribution in [0.3, 0.4) is 0 Å². The molecule has 1 heterocycles. The fraction of sp³-hybridized carbons (Fsp3) is 0.0500. The summed E-state index contributed by atoms with van der Waals surface area (Å²) in [5, 5.41) is 4.97. The van der Waals surface area contributed by atoms with Crippen LogP contribution in [0.1, 0.15) is 5.56 Å². The maximum Gasteiger partial charge on any atom is 0.195 e. The third-order valence-corrected chi connectivity index (χ3v) is 5.67. The van der Waals surface area contributed by atoms with Gasteiger partial charge in [0.15, 0.2) is 5.43 Å². The summed E-state index contributed by atoms with van der Waals surface area (Å²) in [6.45, 7) is 0.726. The van der Waals surface area contributed by atoms with E-state index in [-0.39, 0.29) is 5.43 Å². The Kier molecular flexibility index (Phi) is 4.08. The molecule has 0 saturated carbocycles. The number of hydrogen-bond donors (Lipinski definition) is 1. The molecule has 24 heavy (non-hydrogen) atoms. The average Bonchev–Trinajstić information content (AvgIpc) is 2.62. The van der Waals surface area contributed by atoms with Crippen LogP contribution in [0.4, 0.5) is 5.69 Å². The van der Waals surface area contributed by atoms with Gasteiger partial charge in [0.25, 0.3) is 0 Å². The fourth-order valence-corrected chi connectivity index (χ4v) is 4.04. The van der Waals surface area contributed by atoms with E-state index in [1.807, 2.05) is 54.6 Å². The summed E-state index contributed by atoms with van der Waals surface area (Å²) in [7, 11) is 0. The van der Waals surface area contributed by atoms with Gasteiger partial charge < -0.3 is 5.32 Å². The molecule has 0 spiro atoms. The largest absolute Gasteiger partial charge is 0.381 e. The van der Waals surface area contributed by atoms with Gasteiger partial charge in [-0.2, -0.15) is 0 Å². The van der Waals surface area contributed by atoms with Crippen molar-refractivity contribution in [1.29, 1.82) is 0 Å². The van der Waals surface area contributed by atoms with Crippen LogP contribution in [-0.4, -0.2) is 0 Å². The van der Waals surface area contributed by atoms with E-state index in [4.69, 9.17) is 0 Å². The third kappa shape index (κ3) is 2.95. The Bertz CT molecular complexity index is 1090. The van der Waals surface area contributed by atoms with E-state index in [1.54, 1.807) is 11.3 Å². The number of rotatable bonds is 3. The lowest BCUT2D eigenvalue weighted by Crippen LogP contribution is -2.03. The van der Waals surface area contributed by atoms with E-state index < -0.39 is 0 Å². The molecule has 0 fully saturated rings. The van der Waals surface area contributed by atoms with Gasteiger partial charge in [0.2, 0.25) is 0 Å². The van der Waals surface area contributed by atoms with Crippen LogP contribution in [0.15, 0.2) is 76.0 Å². The topological polar surface area (TPSA) is 29.1 Å². The standard InChI is InChI=1S/C20H14BrNOS/c21-14-7-5-13(6-8-14)12-22-15-9-10-19-17(11-15)20(23)16-3-1-2-4-18(16)24-19/h1-11,22H,12H2. The molecule has 1 aromatic heterocycles. The molecule has 3 aromatic carbocycles. The second-order valence-electron chi connectivity index (χ2n) is 5.62. The van der Waals surface area contributed by atoms with E-state index in [1.165, 1.54) is 5.56 Å². The lowest BCUT2D eigenvalue weighted by Gasteiger charge is -2.08. The van der Waals surface area contributed by atoms with E-state index in [9.17, 15) is 4.79 Å². The molecule has 0 saturated heterocycles. The molecule has 4 aromatic rings. The van der Waals surface area contributed by atoms with Crippen molar-refractivity contribution in [1.82, 2.24) is 0 Å². The number of halogens is 1. The molecular weight excluding hydrogens is 382 g/mol. The molecule has 0 aliphatic carbocycles. The molecule has 4 rings (SSSR count). The average molecular weight is 396 g/mol. The minimum atomic E-state index is 0.103. The van der Waals surface area contributed by atoms with Crippen LogP contribution in [0, 0.1) is 0 Å². The first kappa shape index (κ1) is 15.4. The number of benzene rings is 3. The van der Waals surface area contributed by atoms with Crippen LogP contribution in [0.25, 0.3) is 20.2 Å². The maximum absolute atomic E-state index is 12.7. The highest BCUT2D eigenvalue weighted by molar-refractivity contribution is 9.10. The van der Waals surface area contributed by atoms with Gasteiger partial charge in [-0.1, -0.05) is 40.2 Å². The molecule has 0 unspecified atom stereocenters. The summed E-state index contributed by atoms with van der Waals surface area (Å²) >= 11 is 5.10. The van der Waals surface area contributed by atoms with Gasteiger partial charge in [0, 0.05) is 36.9 Å². The quantitative estimate of drug-likeness (QED) is 0.444. The van der Waals surface area contributed by atoms with E-state index in [0.29, 0.717) is 0 Å². The van der Waals surface area contributed by atoms with E-state index in [0.717, 1.165) is 36.9 Å². The van der Waals surface area contributed by atoms with Gasteiger partial charge in [0.05, 0.1) is 0 Å². The van der Waals surface area contributed by atoms with Crippen LogP contribution in [-0.2, 0) is 6.54 Å². The molecule has 0 aliphatic heterocycles. The Morgan fingerprint density at radius 1 is 0.875 bits per heavy atom. The predicted molar refractivity (Wildman–Crippen MR) is 107 cm³/mol. The highest BCUT2D eigenvalue weighted by Crippen LogP contribution is 2.26. The van der Waals surface area contributed by atoms with Gasteiger partial charge in [0.1, 0.15) is 0 Å². The number of anilines is 1. The van der Waals surface area contributed by atoms with Crippen molar-refractivity contribution in [3.05, 3.63) is 87.0 Å². The van der Waals surface area contributed by atoms with Crippen molar-refractivity contribution in [2.75, 3.05) is 5.32 Å². The van der Waals surface area contributed by atoms with Crippen LogP contribution in [0.2, 0.25) is 0 Å². The lowest BCUT2D eigenvalue weighted by molar-refractivity contribution is 1.15. The van der Waals surface area contributed by atoms with Gasteiger partial charge in [-0.25, -0.2) is 0 Å².